The third-order valence-electron chi connectivity index (χ3n) is 5.44. The summed E-state index contributed by atoms with van der Waals surface area (Å²) in [5.41, 5.74) is 6.84. The molecular formula is C24H22FNO2. The summed E-state index contributed by atoms with van der Waals surface area (Å²) in [6.45, 7) is 1.81. The fourth-order valence-corrected chi connectivity index (χ4v) is 4.02. The number of aromatic nitrogens is 1. The van der Waals surface area contributed by atoms with Crippen molar-refractivity contribution in [2.75, 3.05) is 0 Å². The van der Waals surface area contributed by atoms with Crippen LogP contribution in [0.4, 0.5) is 4.39 Å². The molecule has 28 heavy (non-hydrogen) atoms. The predicted octanol–water partition coefficient (Wildman–Crippen LogP) is 4.15. The molecule has 0 N–H and O–H groups in total. The van der Waals surface area contributed by atoms with Gasteiger partial charge in [0, 0.05) is 31.6 Å². The van der Waals surface area contributed by atoms with Gasteiger partial charge in [0.15, 0.2) is 0 Å². The molecule has 0 spiro atoms. The molecule has 0 unspecified atom stereocenters. The topological polar surface area (TPSA) is 39.1 Å². The number of ketones is 1. The normalized spacial score (nSPS) is 13.5. The highest BCUT2D eigenvalue weighted by atomic mass is 19.1. The van der Waals surface area contributed by atoms with Crippen molar-refractivity contribution in [2.24, 2.45) is 7.05 Å². The van der Waals surface area contributed by atoms with Crippen LogP contribution in [0.3, 0.4) is 0 Å². The van der Waals surface area contributed by atoms with Crippen molar-refractivity contribution in [3.05, 3.63) is 92.6 Å². The number of Topliss-reactive ketones (excluding diaryl/α,β-unsaturated/α-hetero) is 1. The Labute approximate surface area is 163 Å². The van der Waals surface area contributed by atoms with Crippen molar-refractivity contribution in [3.63, 3.8) is 0 Å². The molecule has 3 nitrogen and oxygen atoms in total. The minimum atomic E-state index is -0.259. The average Bonchev–Trinajstić information content (AvgIpc) is 2.65. The molecule has 1 aliphatic rings. The van der Waals surface area contributed by atoms with Crippen molar-refractivity contribution in [1.29, 1.82) is 0 Å². The highest BCUT2D eigenvalue weighted by Crippen LogP contribution is 2.32. The van der Waals surface area contributed by atoms with E-state index in [9.17, 15) is 14.0 Å². The van der Waals surface area contributed by atoms with Gasteiger partial charge in [0.05, 0.1) is 0 Å². The summed E-state index contributed by atoms with van der Waals surface area (Å²) in [6.07, 6.45) is 4.18. The molecule has 142 valence electrons. The fourth-order valence-electron chi connectivity index (χ4n) is 4.02. The molecule has 1 aromatic heterocycles. The van der Waals surface area contributed by atoms with Crippen LogP contribution in [0.2, 0.25) is 0 Å². The molecule has 0 fully saturated rings. The molecule has 0 saturated heterocycles. The third kappa shape index (κ3) is 3.55. The number of hydrogen-bond donors (Lipinski definition) is 0. The average molecular weight is 375 g/mol. The molecule has 1 heterocycles. The van der Waals surface area contributed by atoms with Gasteiger partial charge < -0.3 is 4.57 Å². The number of aryl methyl sites for hydroxylation is 3. The quantitative estimate of drug-likeness (QED) is 0.690. The van der Waals surface area contributed by atoms with Crippen molar-refractivity contribution >= 4 is 5.78 Å². The van der Waals surface area contributed by atoms with Crippen LogP contribution >= 0.6 is 0 Å². The van der Waals surface area contributed by atoms with Crippen molar-refractivity contribution in [2.45, 2.75) is 32.6 Å². The van der Waals surface area contributed by atoms with E-state index >= 15 is 0 Å². The summed E-state index contributed by atoms with van der Waals surface area (Å²) in [5, 5.41) is 0. The lowest BCUT2D eigenvalue weighted by Crippen LogP contribution is -2.19. The molecule has 0 amide bonds. The van der Waals surface area contributed by atoms with Gasteiger partial charge in [-0.25, -0.2) is 4.39 Å². The zero-order valence-corrected chi connectivity index (χ0v) is 16.1. The van der Waals surface area contributed by atoms with E-state index in [0.29, 0.717) is 24.8 Å². The molecule has 4 heteroatoms. The van der Waals surface area contributed by atoms with E-state index < -0.39 is 0 Å². The number of carbonyl (C=O) groups excluding carboxylic acids is 1. The summed E-state index contributed by atoms with van der Waals surface area (Å²) in [7, 11) is 1.75. The van der Waals surface area contributed by atoms with E-state index in [1.807, 2.05) is 25.3 Å². The number of nitrogens with zero attached hydrogens (tertiary/aromatic N) is 1. The Kier molecular flexibility index (Phi) is 4.71. The SMILES string of the molecule is Cc1cc(-c2cc3c(cc2Cc2cccc(F)c2)CC(=O)CC3)cn(C)c1=O. The molecular weight excluding hydrogens is 353 g/mol. The molecule has 4 rings (SSSR count). The number of benzene rings is 2. The monoisotopic (exact) mass is 375 g/mol. The zero-order valence-electron chi connectivity index (χ0n) is 16.1. The van der Waals surface area contributed by atoms with E-state index in [0.717, 1.165) is 34.2 Å². The number of carbonyl (C=O) groups is 1. The summed E-state index contributed by atoms with van der Waals surface area (Å²) in [5.74, 6) is 0.0000443. The van der Waals surface area contributed by atoms with E-state index in [1.54, 1.807) is 23.7 Å². The Hall–Kier alpha value is -3.01. The lowest BCUT2D eigenvalue weighted by Gasteiger charge is -2.20. The summed E-state index contributed by atoms with van der Waals surface area (Å²) in [6, 6.07) is 12.7. The number of pyridine rings is 1. The standard InChI is InChI=1S/C24H22FNO2/c1-15-8-20(14-26(2)24(15)28)23-13-17-6-7-22(27)12-18(17)11-19(23)9-16-4-3-5-21(25)10-16/h3-5,8,10-11,13-14H,6-7,9,12H2,1-2H3. The van der Waals surface area contributed by atoms with Gasteiger partial charge in [0.2, 0.25) is 0 Å². The van der Waals surface area contributed by atoms with Gasteiger partial charge in [-0.2, -0.15) is 0 Å². The van der Waals surface area contributed by atoms with Crippen molar-refractivity contribution < 1.29 is 9.18 Å². The van der Waals surface area contributed by atoms with Crippen LogP contribution in [0.15, 0.2) is 53.5 Å². The largest absolute Gasteiger partial charge is 0.318 e. The Morgan fingerprint density at radius 1 is 1.04 bits per heavy atom. The van der Waals surface area contributed by atoms with Crippen molar-refractivity contribution in [3.8, 4) is 11.1 Å². The maximum Gasteiger partial charge on any atom is 0.253 e. The van der Waals surface area contributed by atoms with Crippen LogP contribution in [0, 0.1) is 12.7 Å². The number of halogens is 1. The maximum absolute atomic E-state index is 13.7. The van der Waals surface area contributed by atoms with Gasteiger partial charge in [0.1, 0.15) is 11.6 Å². The molecule has 0 saturated carbocycles. The second-order valence-electron chi connectivity index (χ2n) is 7.63. The zero-order chi connectivity index (χ0) is 19.8. The third-order valence-corrected chi connectivity index (χ3v) is 5.44. The van der Waals surface area contributed by atoms with Crippen LogP contribution in [0.5, 0.6) is 0 Å². The molecule has 0 bridgehead atoms. The Bertz CT molecular complexity index is 1120. The summed E-state index contributed by atoms with van der Waals surface area (Å²) < 4.78 is 15.3. The summed E-state index contributed by atoms with van der Waals surface area (Å²) >= 11 is 0. The fraction of sp³-hybridized carbons (Fsp3) is 0.250. The molecule has 0 radical (unpaired) electrons. The highest BCUT2D eigenvalue weighted by molar-refractivity contribution is 5.84. The first-order valence-corrected chi connectivity index (χ1v) is 9.49. The minimum absolute atomic E-state index is 0.0148. The van der Waals surface area contributed by atoms with Gasteiger partial charge in [-0.15, -0.1) is 0 Å². The van der Waals surface area contributed by atoms with Crippen LogP contribution in [0.1, 0.15) is 34.2 Å². The second kappa shape index (κ2) is 7.19. The van der Waals surface area contributed by atoms with Crippen LogP contribution in [0.25, 0.3) is 11.1 Å². The smallest absolute Gasteiger partial charge is 0.253 e. The van der Waals surface area contributed by atoms with Crippen molar-refractivity contribution in [1.82, 2.24) is 4.57 Å². The van der Waals surface area contributed by atoms with E-state index in [1.165, 1.54) is 11.6 Å². The maximum atomic E-state index is 13.7. The first kappa shape index (κ1) is 18.4. The minimum Gasteiger partial charge on any atom is -0.318 e. The van der Waals surface area contributed by atoms with E-state index in [4.69, 9.17) is 0 Å². The van der Waals surface area contributed by atoms with E-state index in [-0.39, 0.29) is 17.2 Å². The molecule has 0 atom stereocenters. The second-order valence-corrected chi connectivity index (χ2v) is 7.63. The first-order valence-electron chi connectivity index (χ1n) is 9.49. The lowest BCUT2D eigenvalue weighted by molar-refractivity contribution is -0.118. The van der Waals surface area contributed by atoms with Gasteiger partial charge in [0.25, 0.3) is 5.56 Å². The highest BCUT2D eigenvalue weighted by Gasteiger charge is 2.19. The van der Waals surface area contributed by atoms with Gasteiger partial charge in [-0.1, -0.05) is 24.3 Å². The Morgan fingerprint density at radius 2 is 1.86 bits per heavy atom. The number of fused-ring (bicyclic) bond motifs is 1. The van der Waals surface area contributed by atoms with Gasteiger partial charge in [-0.3, -0.25) is 9.59 Å². The van der Waals surface area contributed by atoms with Gasteiger partial charge >= 0.3 is 0 Å². The van der Waals surface area contributed by atoms with Gasteiger partial charge in [-0.05, 0) is 71.3 Å². The number of rotatable bonds is 3. The molecule has 3 aromatic rings. The number of hydrogen-bond acceptors (Lipinski definition) is 2. The lowest BCUT2D eigenvalue weighted by atomic mass is 9.84. The molecule has 2 aromatic carbocycles. The summed E-state index contributed by atoms with van der Waals surface area (Å²) in [4.78, 5) is 24.1. The first-order chi connectivity index (χ1) is 13.4. The molecule has 1 aliphatic carbocycles. The van der Waals surface area contributed by atoms with Crippen LogP contribution in [-0.4, -0.2) is 10.4 Å². The molecule has 0 aliphatic heterocycles. The Balaban J connectivity index is 1.88. The predicted molar refractivity (Wildman–Crippen MR) is 108 cm³/mol. The Morgan fingerprint density at radius 3 is 2.61 bits per heavy atom. The van der Waals surface area contributed by atoms with Crippen LogP contribution < -0.4 is 5.56 Å². The van der Waals surface area contributed by atoms with Crippen LogP contribution in [-0.2, 0) is 31.1 Å². The van der Waals surface area contributed by atoms with E-state index in [2.05, 4.69) is 12.1 Å².